The van der Waals surface area contributed by atoms with E-state index in [0.29, 0.717) is 12.2 Å². The van der Waals surface area contributed by atoms with E-state index in [2.05, 4.69) is 29.8 Å². The molecule has 1 unspecified atom stereocenters. The first-order chi connectivity index (χ1) is 10.5. The molecule has 2 aromatic rings. The molecule has 0 radical (unpaired) electrons. The predicted molar refractivity (Wildman–Crippen MR) is 90.4 cm³/mol. The lowest BCUT2D eigenvalue weighted by atomic mass is 10.0. The van der Waals surface area contributed by atoms with Crippen molar-refractivity contribution < 1.29 is 14.6 Å². The second-order valence-corrected chi connectivity index (χ2v) is 6.39. The van der Waals surface area contributed by atoms with E-state index in [1.54, 1.807) is 0 Å². The molecule has 116 valence electrons. The minimum Gasteiger partial charge on any atom is -0.478 e. The van der Waals surface area contributed by atoms with E-state index in [-0.39, 0.29) is 5.92 Å². The Morgan fingerprint density at radius 2 is 1.86 bits per heavy atom. The van der Waals surface area contributed by atoms with Crippen LogP contribution in [-0.2, 0) is 11.2 Å². The molecule has 0 aliphatic carbocycles. The van der Waals surface area contributed by atoms with Crippen molar-refractivity contribution in [1.29, 1.82) is 0 Å². The lowest BCUT2D eigenvalue weighted by molar-refractivity contribution is -0.145. The summed E-state index contributed by atoms with van der Waals surface area (Å²) in [6.45, 7) is 4.11. The molecule has 0 bridgehead atoms. The fraction of sp³-hybridized carbons (Fsp3) is 0.278. The van der Waals surface area contributed by atoms with Gasteiger partial charge in [0.15, 0.2) is 6.10 Å². The maximum Gasteiger partial charge on any atom is 0.345 e. The zero-order valence-corrected chi connectivity index (χ0v) is 14.2. The van der Waals surface area contributed by atoms with Gasteiger partial charge < -0.3 is 9.84 Å². The molecule has 0 spiro atoms. The van der Waals surface area contributed by atoms with Crippen LogP contribution in [0.4, 0.5) is 0 Å². The van der Waals surface area contributed by atoms with Gasteiger partial charge in [-0.25, -0.2) is 4.79 Å². The van der Waals surface area contributed by atoms with Crippen LogP contribution in [0, 0.1) is 0 Å². The van der Waals surface area contributed by atoms with Crippen LogP contribution in [0.15, 0.2) is 53.0 Å². The number of halogens is 1. The van der Waals surface area contributed by atoms with E-state index in [4.69, 9.17) is 4.74 Å². The SMILES string of the molecule is CC(C)c1cc(Br)ccc1OC(Cc1ccccc1)C(=O)O. The molecule has 2 aromatic carbocycles. The minimum absolute atomic E-state index is 0.249. The number of aliphatic carboxylic acids is 1. The standard InChI is InChI=1S/C18H19BrO3/c1-12(2)15-11-14(19)8-9-16(15)22-17(18(20)21)10-13-6-4-3-5-7-13/h3-9,11-12,17H,10H2,1-2H3,(H,20,21). The number of carbonyl (C=O) groups is 1. The highest BCUT2D eigenvalue weighted by Gasteiger charge is 2.22. The molecular weight excluding hydrogens is 344 g/mol. The molecule has 0 heterocycles. The predicted octanol–water partition coefficient (Wildman–Crippen LogP) is 4.65. The number of carboxylic acid groups (broad SMARTS) is 1. The summed E-state index contributed by atoms with van der Waals surface area (Å²) in [5, 5.41) is 9.45. The molecule has 0 fully saturated rings. The second-order valence-electron chi connectivity index (χ2n) is 5.47. The fourth-order valence-electron chi connectivity index (χ4n) is 2.24. The average molecular weight is 363 g/mol. The van der Waals surface area contributed by atoms with Crippen molar-refractivity contribution in [3.8, 4) is 5.75 Å². The Morgan fingerprint density at radius 3 is 2.45 bits per heavy atom. The number of ether oxygens (including phenoxy) is 1. The van der Waals surface area contributed by atoms with Crippen LogP contribution in [0.25, 0.3) is 0 Å². The Labute approximate surface area is 139 Å². The van der Waals surface area contributed by atoms with Gasteiger partial charge in [-0.1, -0.05) is 60.1 Å². The number of hydrogen-bond donors (Lipinski definition) is 1. The van der Waals surface area contributed by atoms with Crippen molar-refractivity contribution in [2.24, 2.45) is 0 Å². The topological polar surface area (TPSA) is 46.5 Å². The van der Waals surface area contributed by atoms with Crippen molar-refractivity contribution >= 4 is 21.9 Å². The van der Waals surface area contributed by atoms with Gasteiger partial charge in [-0.3, -0.25) is 0 Å². The fourth-order valence-corrected chi connectivity index (χ4v) is 2.62. The van der Waals surface area contributed by atoms with Crippen molar-refractivity contribution in [3.05, 3.63) is 64.1 Å². The molecule has 3 nitrogen and oxygen atoms in total. The number of carboxylic acids is 1. The number of benzene rings is 2. The van der Waals surface area contributed by atoms with Crippen molar-refractivity contribution in [2.75, 3.05) is 0 Å². The Balaban J connectivity index is 2.23. The van der Waals surface area contributed by atoms with E-state index in [9.17, 15) is 9.90 Å². The van der Waals surface area contributed by atoms with Crippen molar-refractivity contribution in [3.63, 3.8) is 0 Å². The molecule has 4 heteroatoms. The van der Waals surface area contributed by atoms with Crippen LogP contribution in [0.3, 0.4) is 0 Å². The van der Waals surface area contributed by atoms with Crippen LogP contribution in [0.2, 0.25) is 0 Å². The molecule has 0 aliphatic heterocycles. The molecule has 1 N–H and O–H groups in total. The summed E-state index contributed by atoms with van der Waals surface area (Å²) < 4.78 is 6.76. The molecular formula is C18H19BrO3. The minimum atomic E-state index is -0.957. The van der Waals surface area contributed by atoms with Crippen LogP contribution in [-0.4, -0.2) is 17.2 Å². The van der Waals surface area contributed by atoms with Crippen LogP contribution < -0.4 is 4.74 Å². The maximum atomic E-state index is 11.5. The van der Waals surface area contributed by atoms with Gasteiger partial charge in [-0.15, -0.1) is 0 Å². The summed E-state index contributed by atoms with van der Waals surface area (Å²) in [7, 11) is 0. The van der Waals surface area contributed by atoms with Crippen molar-refractivity contribution in [1.82, 2.24) is 0 Å². The quantitative estimate of drug-likeness (QED) is 0.813. The molecule has 1 atom stereocenters. The molecule has 0 saturated heterocycles. The van der Waals surface area contributed by atoms with Crippen molar-refractivity contribution in [2.45, 2.75) is 32.3 Å². The lowest BCUT2D eigenvalue weighted by Gasteiger charge is -2.19. The van der Waals surface area contributed by atoms with Gasteiger partial charge in [-0.05, 0) is 35.2 Å². The summed E-state index contributed by atoms with van der Waals surface area (Å²) in [6.07, 6.45) is -0.565. The molecule has 0 aromatic heterocycles. The van der Waals surface area contributed by atoms with Gasteiger partial charge in [-0.2, -0.15) is 0 Å². The van der Waals surface area contributed by atoms with E-state index < -0.39 is 12.1 Å². The first kappa shape index (κ1) is 16.6. The molecule has 22 heavy (non-hydrogen) atoms. The zero-order chi connectivity index (χ0) is 16.1. The van der Waals surface area contributed by atoms with E-state index >= 15 is 0 Å². The number of hydrogen-bond acceptors (Lipinski definition) is 2. The van der Waals surface area contributed by atoms with Gasteiger partial charge in [0.1, 0.15) is 5.75 Å². The Morgan fingerprint density at radius 1 is 1.18 bits per heavy atom. The number of rotatable bonds is 6. The summed E-state index contributed by atoms with van der Waals surface area (Å²) in [4.78, 5) is 11.5. The van der Waals surface area contributed by atoms with Gasteiger partial charge in [0.2, 0.25) is 0 Å². The summed E-state index contributed by atoms with van der Waals surface area (Å²) >= 11 is 3.44. The van der Waals surface area contributed by atoms with Crippen LogP contribution >= 0.6 is 15.9 Å². The normalized spacial score (nSPS) is 12.2. The zero-order valence-electron chi connectivity index (χ0n) is 12.6. The van der Waals surface area contributed by atoms with E-state index in [0.717, 1.165) is 15.6 Å². The van der Waals surface area contributed by atoms with E-state index in [1.165, 1.54) is 0 Å². The maximum absolute atomic E-state index is 11.5. The molecule has 0 amide bonds. The Bertz CT molecular complexity index is 638. The smallest absolute Gasteiger partial charge is 0.345 e. The Hall–Kier alpha value is -1.81. The summed E-state index contributed by atoms with van der Waals surface area (Å²) in [5.41, 5.74) is 1.94. The summed E-state index contributed by atoms with van der Waals surface area (Å²) in [6, 6.07) is 15.2. The third kappa shape index (κ3) is 4.34. The van der Waals surface area contributed by atoms with Gasteiger partial charge in [0.05, 0.1) is 0 Å². The summed E-state index contributed by atoms with van der Waals surface area (Å²) in [5.74, 6) is -0.0818. The third-order valence-corrected chi connectivity index (χ3v) is 3.90. The molecule has 0 aliphatic rings. The first-order valence-corrected chi connectivity index (χ1v) is 7.99. The molecule has 2 rings (SSSR count). The van der Waals surface area contributed by atoms with Crippen LogP contribution in [0.1, 0.15) is 30.9 Å². The first-order valence-electron chi connectivity index (χ1n) is 7.20. The highest BCUT2D eigenvalue weighted by Crippen LogP contribution is 2.30. The largest absolute Gasteiger partial charge is 0.478 e. The second kappa shape index (κ2) is 7.45. The van der Waals surface area contributed by atoms with Crippen LogP contribution in [0.5, 0.6) is 5.75 Å². The van der Waals surface area contributed by atoms with Gasteiger partial charge in [0, 0.05) is 10.9 Å². The average Bonchev–Trinajstić information content (AvgIpc) is 2.49. The Kier molecular flexibility index (Phi) is 5.61. The van der Waals surface area contributed by atoms with Gasteiger partial charge in [0.25, 0.3) is 0 Å². The molecule has 0 saturated carbocycles. The highest BCUT2D eigenvalue weighted by molar-refractivity contribution is 9.10. The van der Waals surface area contributed by atoms with E-state index in [1.807, 2.05) is 48.5 Å². The lowest BCUT2D eigenvalue weighted by Crippen LogP contribution is -2.29. The monoisotopic (exact) mass is 362 g/mol. The van der Waals surface area contributed by atoms with Gasteiger partial charge >= 0.3 is 5.97 Å². The highest BCUT2D eigenvalue weighted by atomic mass is 79.9. The third-order valence-electron chi connectivity index (χ3n) is 3.40.